The van der Waals surface area contributed by atoms with Crippen LogP contribution in [0.15, 0.2) is 48.6 Å². The van der Waals surface area contributed by atoms with E-state index in [2.05, 4.69) is 61.7 Å². The van der Waals surface area contributed by atoms with Gasteiger partial charge < -0.3 is 20.1 Å². The van der Waals surface area contributed by atoms with E-state index in [1.54, 1.807) is 0 Å². The molecule has 0 aliphatic carbocycles. The molecule has 3 N–H and O–H groups in total. The minimum absolute atomic E-state index is 0.0763. The lowest BCUT2D eigenvalue weighted by molar-refractivity contribution is -0.147. The highest BCUT2D eigenvalue weighted by atomic mass is 31.2. The first kappa shape index (κ1) is 53.0. The second-order valence-electron chi connectivity index (χ2n) is 14.7. The highest BCUT2D eigenvalue weighted by Gasteiger charge is 2.23. The second kappa shape index (κ2) is 41.6. The maximum atomic E-state index is 12.1. The molecule has 10 heteroatoms. The summed E-state index contributed by atoms with van der Waals surface area (Å²) >= 11 is 0. The number of unbranched alkanes of at least 4 members (excludes halogenated alkanes) is 20. The highest BCUT2D eigenvalue weighted by Crippen LogP contribution is 2.42. The van der Waals surface area contributed by atoms with Crippen LogP contribution in [0.3, 0.4) is 0 Å². The first-order valence-electron chi connectivity index (χ1n) is 22.1. The van der Waals surface area contributed by atoms with Crippen LogP contribution in [-0.2, 0) is 27.9 Å². The molecule has 0 bridgehead atoms. The lowest BCUT2D eigenvalue weighted by atomic mass is 10.0. The number of allylic oxidation sites excluding steroid dienone is 8. The Morgan fingerprint density at radius 3 is 1.51 bits per heavy atom. The van der Waals surface area contributed by atoms with Crippen molar-refractivity contribution in [3.05, 3.63) is 48.6 Å². The molecule has 2 unspecified atom stereocenters. The van der Waals surface area contributed by atoms with Gasteiger partial charge >= 0.3 is 13.8 Å². The lowest BCUT2D eigenvalue weighted by Crippen LogP contribution is -2.27. The summed E-state index contributed by atoms with van der Waals surface area (Å²) in [5, 5.41) is 12.7. The summed E-state index contributed by atoms with van der Waals surface area (Å²) < 4.78 is 26.8. The summed E-state index contributed by atoms with van der Waals surface area (Å²) in [7, 11) is -4.43. The molecular formula is C45H82NO8P. The summed E-state index contributed by atoms with van der Waals surface area (Å²) in [6.45, 7) is 3.48. The van der Waals surface area contributed by atoms with Crippen molar-refractivity contribution in [1.29, 1.82) is 0 Å². The fraction of sp³-hybridized carbons (Fsp3) is 0.778. The van der Waals surface area contributed by atoms with Crippen LogP contribution < -0.4 is 5.32 Å². The van der Waals surface area contributed by atoms with Gasteiger partial charge in [0.25, 0.3) is 0 Å². The summed E-state index contributed by atoms with van der Waals surface area (Å²) in [6, 6.07) is 0. The average molecular weight is 796 g/mol. The SMILES string of the molecule is CCCCC/C=C\C/C=C\C/C=C\C/C=C\CCCC(=O)OCC(O)COP(=O)(O)OCCNC(=O)CCCCCCCCCCCCCCCCCCC. The number of esters is 1. The van der Waals surface area contributed by atoms with Gasteiger partial charge in [-0.05, 0) is 51.4 Å². The standard InChI is InChI=1S/C45H82NO8P/c1-3-5-7-9-11-13-15-17-19-21-23-25-27-29-31-33-35-37-44(48)46-39-40-53-55(50,51)54-42-43(47)41-52-45(49)38-36-34-32-30-28-26-24-22-20-18-16-14-12-10-8-6-4-2/h12,14,18,20,24,26,30,32,43,47H,3-11,13,15-17,19,21-23,25,27-29,31,33-42H2,1-2H3,(H,46,48)(H,50,51)/b14-12-,20-18-,26-24-,32-30-. The van der Waals surface area contributed by atoms with Gasteiger partial charge in [0.05, 0.1) is 13.2 Å². The topological polar surface area (TPSA) is 131 Å². The lowest BCUT2D eigenvalue weighted by Gasteiger charge is -2.15. The predicted molar refractivity (Wildman–Crippen MR) is 229 cm³/mol. The zero-order valence-electron chi connectivity index (χ0n) is 35.1. The number of rotatable bonds is 41. The van der Waals surface area contributed by atoms with Crippen LogP contribution in [0.1, 0.15) is 194 Å². The third kappa shape index (κ3) is 42.9. The van der Waals surface area contributed by atoms with Gasteiger partial charge in [0, 0.05) is 19.4 Å². The Morgan fingerprint density at radius 1 is 0.564 bits per heavy atom. The van der Waals surface area contributed by atoms with Gasteiger partial charge in [-0.2, -0.15) is 0 Å². The number of aliphatic hydroxyl groups is 1. The molecule has 320 valence electrons. The Bertz CT molecular complexity index is 1040. The minimum atomic E-state index is -4.43. The van der Waals surface area contributed by atoms with Crippen molar-refractivity contribution in [2.24, 2.45) is 0 Å². The van der Waals surface area contributed by atoms with Crippen LogP contribution in [0.5, 0.6) is 0 Å². The molecule has 0 aromatic heterocycles. The van der Waals surface area contributed by atoms with E-state index >= 15 is 0 Å². The number of nitrogens with one attached hydrogen (secondary N) is 1. The van der Waals surface area contributed by atoms with E-state index in [0.29, 0.717) is 12.8 Å². The van der Waals surface area contributed by atoms with Crippen molar-refractivity contribution in [3.8, 4) is 0 Å². The smallest absolute Gasteiger partial charge is 0.463 e. The molecule has 0 aromatic carbocycles. The van der Waals surface area contributed by atoms with E-state index in [-0.39, 0.29) is 32.1 Å². The Balaban J connectivity index is 3.66. The molecule has 0 fully saturated rings. The molecule has 9 nitrogen and oxygen atoms in total. The summed E-state index contributed by atoms with van der Waals surface area (Å²) in [6.07, 6.45) is 47.6. The Kier molecular flexibility index (Phi) is 40.1. The minimum Gasteiger partial charge on any atom is -0.463 e. The van der Waals surface area contributed by atoms with Gasteiger partial charge in [-0.25, -0.2) is 4.57 Å². The Labute approximate surface area is 336 Å². The van der Waals surface area contributed by atoms with Crippen molar-refractivity contribution in [1.82, 2.24) is 5.32 Å². The molecule has 0 aliphatic rings. The molecular weight excluding hydrogens is 713 g/mol. The molecule has 0 radical (unpaired) electrons. The average Bonchev–Trinajstić information content (AvgIpc) is 3.17. The zero-order chi connectivity index (χ0) is 40.3. The molecule has 1 amide bonds. The first-order valence-corrected chi connectivity index (χ1v) is 23.6. The number of phosphoric ester groups is 1. The van der Waals surface area contributed by atoms with Crippen molar-refractivity contribution in [2.75, 3.05) is 26.4 Å². The molecule has 0 rings (SSSR count). The van der Waals surface area contributed by atoms with Gasteiger partial charge in [-0.1, -0.05) is 178 Å². The van der Waals surface area contributed by atoms with E-state index in [0.717, 1.165) is 44.9 Å². The quantitative estimate of drug-likeness (QED) is 0.0241. The predicted octanol–water partition coefficient (Wildman–Crippen LogP) is 12.3. The van der Waals surface area contributed by atoms with Crippen LogP contribution in [0.2, 0.25) is 0 Å². The van der Waals surface area contributed by atoms with Gasteiger partial charge in [-0.15, -0.1) is 0 Å². The molecule has 0 aliphatic heterocycles. The zero-order valence-corrected chi connectivity index (χ0v) is 36.0. The Morgan fingerprint density at radius 2 is 1.00 bits per heavy atom. The molecule has 55 heavy (non-hydrogen) atoms. The third-order valence-electron chi connectivity index (χ3n) is 9.26. The van der Waals surface area contributed by atoms with Crippen LogP contribution >= 0.6 is 7.82 Å². The maximum Gasteiger partial charge on any atom is 0.472 e. The number of carbonyl (C=O) groups excluding carboxylic acids is 2. The van der Waals surface area contributed by atoms with Crippen molar-refractivity contribution < 1.29 is 37.9 Å². The van der Waals surface area contributed by atoms with Crippen LogP contribution in [0.4, 0.5) is 0 Å². The van der Waals surface area contributed by atoms with E-state index in [1.807, 2.05) is 6.08 Å². The second-order valence-corrected chi connectivity index (χ2v) is 16.1. The number of phosphoric acid groups is 1. The summed E-state index contributed by atoms with van der Waals surface area (Å²) in [4.78, 5) is 33.9. The highest BCUT2D eigenvalue weighted by molar-refractivity contribution is 7.47. The monoisotopic (exact) mass is 796 g/mol. The van der Waals surface area contributed by atoms with Crippen LogP contribution in [0.25, 0.3) is 0 Å². The van der Waals surface area contributed by atoms with Gasteiger partial charge in [0.15, 0.2) is 0 Å². The number of amides is 1. The van der Waals surface area contributed by atoms with Crippen LogP contribution in [0, 0.1) is 0 Å². The van der Waals surface area contributed by atoms with Crippen molar-refractivity contribution in [2.45, 2.75) is 200 Å². The van der Waals surface area contributed by atoms with Gasteiger partial charge in [-0.3, -0.25) is 18.6 Å². The maximum absolute atomic E-state index is 12.1. The number of ether oxygens (including phenoxy) is 1. The molecule has 0 heterocycles. The van der Waals surface area contributed by atoms with Crippen molar-refractivity contribution >= 4 is 19.7 Å². The van der Waals surface area contributed by atoms with Crippen LogP contribution in [-0.4, -0.2) is 54.3 Å². The number of carbonyl (C=O) groups is 2. The molecule has 0 saturated heterocycles. The van der Waals surface area contributed by atoms with E-state index in [1.165, 1.54) is 116 Å². The molecule has 0 spiro atoms. The van der Waals surface area contributed by atoms with Gasteiger partial charge in [0.1, 0.15) is 12.7 Å². The summed E-state index contributed by atoms with van der Waals surface area (Å²) in [5.41, 5.74) is 0. The summed E-state index contributed by atoms with van der Waals surface area (Å²) in [5.74, 6) is -0.571. The number of aliphatic hydroxyl groups excluding tert-OH is 1. The van der Waals surface area contributed by atoms with E-state index in [9.17, 15) is 24.2 Å². The third-order valence-corrected chi connectivity index (χ3v) is 10.2. The largest absolute Gasteiger partial charge is 0.472 e. The number of hydrogen-bond acceptors (Lipinski definition) is 7. The molecule has 2 atom stereocenters. The van der Waals surface area contributed by atoms with Crippen molar-refractivity contribution in [3.63, 3.8) is 0 Å². The fourth-order valence-corrected chi connectivity index (χ4v) is 6.66. The normalized spacial score (nSPS) is 13.7. The molecule has 0 aromatic rings. The number of hydrogen-bond donors (Lipinski definition) is 3. The van der Waals surface area contributed by atoms with Gasteiger partial charge in [0.2, 0.25) is 5.91 Å². The molecule has 0 saturated carbocycles. The van der Waals surface area contributed by atoms with E-state index in [4.69, 9.17) is 13.8 Å². The Hall–Kier alpha value is -2.03. The first-order chi connectivity index (χ1) is 26.8. The van der Waals surface area contributed by atoms with E-state index < -0.39 is 26.5 Å². The fourth-order valence-electron chi connectivity index (χ4n) is 5.90.